The molecule has 0 aromatic heterocycles. The van der Waals surface area contributed by atoms with Crippen LogP contribution in [0.15, 0.2) is 0 Å². The summed E-state index contributed by atoms with van der Waals surface area (Å²) >= 11 is 0. The number of hydrogen-bond acceptors (Lipinski definition) is 3. The highest BCUT2D eigenvalue weighted by atomic mass is 15.2. The molecule has 2 aliphatic heterocycles. The van der Waals surface area contributed by atoms with Gasteiger partial charge >= 0.3 is 0 Å². The van der Waals surface area contributed by atoms with Gasteiger partial charge in [-0.1, -0.05) is 0 Å². The molecule has 2 aliphatic rings. The van der Waals surface area contributed by atoms with Crippen molar-refractivity contribution in [3.8, 4) is 6.19 Å². The molecule has 0 unspecified atom stereocenters. The Morgan fingerprint density at radius 2 is 1.77 bits per heavy atom. The number of hydrogen-bond donors (Lipinski definition) is 0. The molecule has 0 amide bonds. The van der Waals surface area contributed by atoms with E-state index in [1.807, 2.05) is 4.90 Å². The first kappa shape index (κ1) is 8.83. The van der Waals surface area contributed by atoms with Crippen LogP contribution in [-0.4, -0.2) is 43.0 Å². The van der Waals surface area contributed by atoms with E-state index >= 15 is 0 Å². The average molecular weight is 179 g/mol. The van der Waals surface area contributed by atoms with Crippen molar-refractivity contribution in [3.63, 3.8) is 0 Å². The van der Waals surface area contributed by atoms with Gasteiger partial charge in [0, 0.05) is 13.1 Å². The average Bonchev–Trinajstić information content (AvgIpc) is 2.55. The van der Waals surface area contributed by atoms with E-state index in [4.69, 9.17) is 5.26 Å². The van der Waals surface area contributed by atoms with E-state index in [-0.39, 0.29) is 0 Å². The standard InChI is InChI=1S/C10H17N3/c1-12-5-2-10(3-6-12)4-7-13(8-10)9-11/h2-8H2,1H3. The van der Waals surface area contributed by atoms with Gasteiger partial charge < -0.3 is 9.80 Å². The first-order valence-electron chi connectivity index (χ1n) is 5.07. The van der Waals surface area contributed by atoms with Crippen LogP contribution in [0.3, 0.4) is 0 Å². The second kappa shape index (κ2) is 3.19. The zero-order chi connectivity index (χ0) is 9.31. The fourth-order valence-electron chi connectivity index (χ4n) is 2.52. The van der Waals surface area contributed by atoms with E-state index in [9.17, 15) is 0 Å². The van der Waals surface area contributed by atoms with E-state index in [0.29, 0.717) is 5.41 Å². The molecule has 3 heteroatoms. The van der Waals surface area contributed by atoms with Gasteiger partial charge in [-0.05, 0) is 44.8 Å². The number of nitriles is 1. The minimum atomic E-state index is 0.488. The smallest absolute Gasteiger partial charge is 0.179 e. The summed E-state index contributed by atoms with van der Waals surface area (Å²) in [6.45, 7) is 4.41. The third-order valence-corrected chi connectivity index (χ3v) is 3.63. The second-order valence-electron chi connectivity index (χ2n) is 4.57. The summed E-state index contributed by atoms with van der Waals surface area (Å²) in [6.07, 6.45) is 6.06. The van der Waals surface area contributed by atoms with Crippen LogP contribution < -0.4 is 0 Å². The van der Waals surface area contributed by atoms with Crippen LogP contribution in [0.25, 0.3) is 0 Å². The van der Waals surface area contributed by atoms with Crippen molar-refractivity contribution in [1.82, 2.24) is 9.80 Å². The Balaban J connectivity index is 1.96. The van der Waals surface area contributed by atoms with Crippen molar-refractivity contribution in [2.75, 3.05) is 33.2 Å². The highest BCUT2D eigenvalue weighted by Gasteiger charge is 2.39. The molecule has 0 aromatic rings. The Morgan fingerprint density at radius 3 is 2.31 bits per heavy atom. The van der Waals surface area contributed by atoms with Crippen LogP contribution >= 0.6 is 0 Å². The Morgan fingerprint density at radius 1 is 1.15 bits per heavy atom. The molecule has 0 radical (unpaired) electrons. The summed E-state index contributed by atoms with van der Waals surface area (Å²) in [6, 6.07) is 0. The van der Waals surface area contributed by atoms with Crippen LogP contribution in [0.2, 0.25) is 0 Å². The molecule has 3 nitrogen and oxygen atoms in total. The minimum Gasteiger partial charge on any atom is -0.310 e. The fraction of sp³-hybridized carbons (Fsp3) is 0.900. The maximum Gasteiger partial charge on any atom is 0.179 e. The zero-order valence-corrected chi connectivity index (χ0v) is 8.29. The molecule has 72 valence electrons. The van der Waals surface area contributed by atoms with Crippen LogP contribution in [-0.2, 0) is 0 Å². The quantitative estimate of drug-likeness (QED) is 0.517. The molecule has 0 atom stereocenters. The third kappa shape index (κ3) is 1.64. The van der Waals surface area contributed by atoms with Crippen LogP contribution in [0.1, 0.15) is 19.3 Å². The van der Waals surface area contributed by atoms with E-state index in [2.05, 4.69) is 18.1 Å². The number of likely N-dealkylation sites (tertiary alicyclic amines) is 2. The van der Waals surface area contributed by atoms with Gasteiger partial charge in [-0.15, -0.1) is 0 Å². The lowest BCUT2D eigenvalue weighted by Crippen LogP contribution is -2.39. The van der Waals surface area contributed by atoms with Gasteiger partial charge in [0.2, 0.25) is 0 Å². The maximum absolute atomic E-state index is 8.80. The molecule has 0 aliphatic carbocycles. The van der Waals surface area contributed by atoms with E-state index in [1.165, 1.54) is 32.4 Å². The molecule has 2 heterocycles. The van der Waals surface area contributed by atoms with Crippen LogP contribution in [0.5, 0.6) is 0 Å². The zero-order valence-electron chi connectivity index (χ0n) is 8.29. The minimum absolute atomic E-state index is 0.488. The van der Waals surface area contributed by atoms with Gasteiger partial charge in [0.1, 0.15) is 0 Å². The van der Waals surface area contributed by atoms with E-state index < -0.39 is 0 Å². The lowest BCUT2D eigenvalue weighted by Gasteiger charge is -2.37. The Bertz CT molecular complexity index is 223. The normalized spacial score (nSPS) is 27.8. The van der Waals surface area contributed by atoms with Crippen LogP contribution in [0.4, 0.5) is 0 Å². The molecule has 2 fully saturated rings. The Kier molecular flexibility index (Phi) is 2.17. The van der Waals surface area contributed by atoms with Crippen molar-refractivity contribution >= 4 is 0 Å². The lowest BCUT2D eigenvalue weighted by atomic mass is 9.78. The molecule has 0 saturated carbocycles. The maximum atomic E-state index is 8.80. The number of piperidine rings is 1. The lowest BCUT2D eigenvalue weighted by molar-refractivity contribution is 0.133. The van der Waals surface area contributed by atoms with Gasteiger partial charge in [0.15, 0.2) is 6.19 Å². The summed E-state index contributed by atoms with van der Waals surface area (Å²) in [5.41, 5.74) is 0.488. The summed E-state index contributed by atoms with van der Waals surface area (Å²) < 4.78 is 0. The molecular weight excluding hydrogens is 162 g/mol. The van der Waals surface area contributed by atoms with Crippen molar-refractivity contribution in [1.29, 1.82) is 5.26 Å². The molecule has 0 bridgehead atoms. The van der Waals surface area contributed by atoms with Crippen molar-refractivity contribution in [2.45, 2.75) is 19.3 Å². The number of rotatable bonds is 0. The summed E-state index contributed by atoms with van der Waals surface area (Å²) in [5.74, 6) is 0. The molecule has 2 saturated heterocycles. The first-order valence-corrected chi connectivity index (χ1v) is 5.07. The molecule has 1 spiro atoms. The first-order chi connectivity index (χ1) is 6.24. The second-order valence-corrected chi connectivity index (χ2v) is 4.57. The molecule has 0 aromatic carbocycles. The Labute approximate surface area is 79.9 Å². The van der Waals surface area contributed by atoms with Crippen molar-refractivity contribution in [3.05, 3.63) is 0 Å². The highest BCUT2D eigenvalue weighted by molar-refractivity contribution is 4.96. The SMILES string of the molecule is CN1CCC2(CC1)CCN(C#N)C2. The molecule has 0 N–H and O–H groups in total. The molecule has 13 heavy (non-hydrogen) atoms. The molecule has 2 rings (SSSR count). The van der Waals surface area contributed by atoms with E-state index in [0.717, 1.165) is 13.1 Å². The topological polar surface area (TPSA) is 30.3 Å². The predicted molar refractivity (Wildman–Crippen MR) is 51.0 cm³/mol. The van der Waals surface area contributed by atoms with Crippen molar-refractivity contribution < 1.29 is 0 Å². The largest absolute Gasteiger partial charge is 0.310 e. The van der Waals surface area contributed by atoms with Crippen molar-refractivity contribution in [2.24, 2.45) is 5.41 Å². The van der Waals surface area contributed by atoms with Gasteiger partial charge in [-0.2, -0.15) is 5.26 Å². The summed E-state index contributed by atoms with van der Waals surface area (Å²) in [7, 11) is 2.18. The van der Waals surface area contributed by atoms with Gasteiger partial charge in [-0.3, -0.25) is 0 Å². The molecular formula is C10H17N3. The van der Waals surface area contributed by atoms with Crippen LogP contribution in [0, 0.1) is 16.9 Å². The summed E-state index contributed by atoms with van der Waals surface area (Å²) in [5, 5.41) is 8.80. The van der Waals surface area contributed by atoms with Gasteiger partial charge in [-0.25, -0.2) is 0 Å². The fourth-order valence-corrected chi connectivity index (χ4v) is 2.52. The van der Waals surface area contributed by atoms with Gasteiger partial charge in [0.05, 0.1) is 0 Å². The summed E-state index contributed by atoms with van der Waals surface area (Å²) in [4.78, 5) is 4.31. The Hall–Kier alpha value is -0.750. The highest BCUT2D eigenvalue weighted by Crippen LogP contribution is 2.39. The third-order valence-electron chi connectivity index (χ3n) is 3.63. The number of nitrogens with zero attached hydrogens (tertiary/aromatic N) is 3. The monoisotopic (exact) mass is 179 g/mol. The van der Waals surface area contributed by atoms with Gasteiger partial charge in [0.25, 0.3) is 0 Å². The van der Waals surface area contributed by atoms with E-state index in [1.54, 1.807) is 0 Å². The predicted octanol–water partition coefficient (Wildman–Crippen LogP) is 0.885.